The van der Waals surface area contributed by atoms with Crippen molar-refractivity contribution < 1.29 is 4.79 Å². The highest BCUT2D eigenvalue weighted by Gasteiger charge is 2.09. The molecule has 63 valence electrons. The minimum Gasteiger partial charge on any atom is -0.289 e. The van der Waals surface area contributed by atoms with Crippen molar-refractivity contribution in [1.82, 2.24) is 0 Å². The second-order valence-electron chi connectivity index (χ2n) is 2.19. The van der Waals surface area contributed by atoms with Gasteiger partial charge in [0.2, 0.25) is 6.29 Å². The highest BCUT2D eigenvalue weighted by atomic mass is 35.5. The van der Waals surface area contributed by atoms with Crippen molar-refractivity contribution in [3.63, 3.8) is 0 Å². The van der Waals surface area contributed by atoms with E-state index < -0.39 is 5.25 Å². The Kier molecular flexibility index (Phi) is 3.44. The van der Waals surface area contributed by atoms with Gasteiger partial charge in [-0.1, -0.05) is 29.3 Å². The number of hydrogen-bond donors (Lipinski definition) is 1. The van der Waals surface area contributed by atoms with Crippen LogP contribution in [0.5, 0.6) is 0 Å². The molecule has 0 saturated carbocycles. The molecule has 1 radical (unpaired) electrons. The van der Waals surface area contributed by atoms with Gasteiger partial charge >= 0.3 is 0 Å². The quantitative estimate of drug-likeness (QED) is 0.758. The second kappa shape index (κ2) is 4.17. The van der Waals surface area contributed by atoms with Crippen LogP contribution in [0.2, 0.25) is 10.0 Å². The summed E-state index contributed by atoms with van der Waals surface area (Å²) >= 11 is 15.4. The van der Waals surface area contributed by atoms with Crippen molar-refractivity contribution >= 4 is 42.1 Å². The molecule has 0 aliphatic carbocycles. The van der Waals surface area contributed by atoms with E-state index in [1.54, 1.807) is 24.5 Å². The Labute approximate surface area is 86.1 Å². The van der Waals surface area contributed by atoms with Gasteiger partial charge in [-0.05, 0) is 17.7 Å². The van der Waals surface area contributed by atoms with Crippen LogP contribution in [-0.4, -0.2) is 6.29 Å². The number of benzene rings is 1. The Hall–Kier alpha value is -0.180. The van der Waals surface area contributed by atoms with Crippen LogP contribution in [0, 0.1) is 0 Å². The molecule has 1 aromatic rings. The van der Waals surface area contributed by atoms with Crippen molar-refractivity contribution in [2.45, 2.75) is 5.25 Å². The summed E-state index contributed by atoms with van der Waals surface area (Å²) in [6, 6.07) is 4.88. The van der Waals surface area contributed by atoms with Crippen LogP contribution in [0.15, 0.2) is 18.2 Å². The average molecular weight is 220 g/mol. The van der Waals surface area contributed by atoms with Crippen LogP contribution in [-0.2, 0) is 4.79 Å². The predicted molar refractivity (Wildman–Crippen MR) is 53.9 cm³/mol. The largest absolute Gasteiger partial charge is 0.289 e. The molecule has 0 spiro atoms. The first-order chi connectivity index (χ1) is 5.65. The lowest BCUT2D eigenvalue weighted by Gasteiger charge is -2.04. The molecule has 0 aliphatic heterocycles. The molecule has 0 fully saturated rings. The highest BCUT2D eigenvalue weighted by Crippen LogP contribution is 2.28. The fourth-order valence-electron chi connectivity index (χ4n) is 0.787. The third kappa shape index (κ3) is 2.16. The summed E-state index contributed by atoms with van der Waals surface area (Å²) in [7, 11) is 0. The van der Waals surface area contributed by atoms with Crippen LogP contribution in [0.4, 0.5) is 0 Å². The molecule has 1 atom stereocenters. The molecule has 12 heavy (non-hydrogen) atoms. The van der Waals surface area contributed by atoms with Crippen LogP contribution in [0.25, 0.3) is 0 Å². The van der Waals surface area contributed by atoms with Crippen molar-refractivity contribution in [2.75, 3.05) is 0 Å². The van der Waals surface area contributed by atoms with Crippen molar-refractivity contribution in [1.29, 1.82) is 0 Å². The fourth-order valence-corrected chi connectivity index (χ4v) is 1.61. The third-order valence-electron chi connectivity index (χ3n) is 1.37. The SMILES string of the molecule is O=[C]C(S)c1ccc(Cl)cc1Cl. The molecule has 0 aliphatic rings. The van der Waals surface area contributed by atoms with Gasteiger partial charge in [-0.15, -0.1) is 0 Å². The van der Waals surface area contributed by atoms with E-state index in [0.717, 1.165) is 0 Å². The first-order valence-electron chi connectivity index (χ1n) is 3.16. The lowest BCUT2D eigenvalue weighted by Crippen LogP contribution is -1.91. The molecule has 0 amide bonds. The van der Waals surface area contributed by atoms with E-state index in [1.807, 2.05) is 0 Å². The zero-order chi connectivity index (χ0) is 9.14. The minimum atomic E-state index is -0.602. The second-order valence-corrected chi connectivity index (χ2v) is 3.55. The van der Waals surface area contributed by atoms with Gasteiger partial charge in [0.1, 0.15) is 0 Å². The first-order valence-corrected chi connectivity index (χ1v) is 4.43. The van der Waals surface area contributed by atoms with Crippen molar-refractivity contribution in [3.05, 3.63) is 33.8 Å². The molecular formula is C8H5Cl2OS. The number of hydrogen-bond acceptors (Lipinski definition) is 2. The molecular weight excluding hydrogens is 215 g/mol. The molecule has 0 aromatic heterocycles. The summed E-state index contributed by atoms with van der Waals surface area (Å²) in [4.78, 5) is 10.2. The van der Waals surface area contributed by atoms with Gasteiger partial charge in [0.15, 0.2) is 0 Å². The van der Waals surface area contributed by atoms with E-state index in [1.165, 1.54) is 0 Å². The monoisotopic (exact) mass is 219 g/mol. The van der Waals surface area contributed by atoms with Crippen LogP contribution in [0.3, 0.4) is 0 Å². The highest BCUT2D eigenvalue weighted by molar-refractivity contribution is 7.81. The van der Waals surface area contributed by atoms with Gasteiger partial charge in [-0.2, -0.15) is 12.6 Å². The lowest BCUT2D eigenvalue weighted by atomic mass is 10.1. The molecule has 1 nitrogen and oxygen atoms in total. The van der Waals surface area contributed by atoms with E-state index in [0.29, 0.717) is 15.6 Å². The van der Waals surface area contributed by atoms with Crippen molar-refractivity contribution in [2.24, 2.45) is 0 Å². The molecule has 1 rings (SSSR count). The number of rotatable bonds is 2. The van der Waals surface area contributed by atoms with E-state index in [4.69, 9.17) is 23.2 Å². The van der Waals surface area contributed by atoms with Crippen LogP contribution >= 0.6 is 35.8 Å². The molecule has 0 heterocycles. The topological polar surface area (TPSA) is 17.1 Å². The summed E-state index contributed by atoms with van der Waals surface area (Å²) < 4.78 is 0. The molecule has 4 heteroatoms. The molecule has 0 bridgehead atoms. The Balaban J connectivity index is 3.09. The van der Waals surface area contributed by atoms with Gasteiger partial charge in [0.25, 0.3) is 0 Å². The van der Waals surface area contributed by atoms with Gasteiger partial charge in [0.05, 0.1) is 5.25 Å². The van der Waals surface area contributed by atoms with Crippen molar-refractivity contribution in [3.8, 4) is 0 Å². The summed E-state index contributed by atoms with van der Waals surface area (Å²) in [6.45, 7) is 0. The molecule has 0 saturated heterocycles. The maximum absolute atomic E-state index is 10.2. The summed E-state index contributed by atoms with van der Waals surface area (Å²) in [6.07, 6.45) is 1.73. The van der Waals surface area contributed by atoms with Gasteiger partial charge in [-0.25, -0.2) is 0 Å². The van der Waals surface area contributed by atoms with Crippen LogP contribution in [0.1, 0.15) is 10.8 Å². The summed E-state index contributed by atoms with van der Waals surface area (Å²) in [5.41, 5.74) is 0.624. The summed E-state index contributed by atoms with van der Waals surface area (Å²) in [5, 5.41) is 0.371. The summed E-state index contributed by atoms with van der Waals surface area (Å²) in [5.74, 6) is 0. The molecule has 0 N–H and O–H groups in total. The standard InChI is InChI=1S/C8H5Cl2OS/c9-5-1-2-6(7(10)3-5)8(12)4-11/h1-3,8,12H. The minimum absolute atomic E-state index is 0.436. The van der Waals surface area contributed by atoms with Gasteiger partial charge < -0.3 is 0 Å². The Bertz CT molecular complexity index is 301. The Morgan fingerprint density at radius 2 is 2.08 bits per heavy atom. The number of thiol groups is 1. The number of carbonyl (C=O) groups excluding carboxylic acids is 1. The Morgan fingerprint density at radius 3 is 2.58 bits per heavy atom. The normalized spacial score (nSPS) is 12.6. The maximum atomic E-state index is 10.2. The fraction of sp³-hybridized carbons (Fsp3) is 0.125. The Morgan fingerprint density at radius 1 is 1.42 bits per heavy atom. The van der Waals surface area contributed by atoms with E-state index in [2.05, 4.69) is 12.6 Å². The zero-order valence-corrected chi connectivity index (χ0v) is 8.33. The van der Waals surface area contributed by atoms with E-state index >= 15 is 0 Å². The maximum Gasteiger partial charge on any atom is 0.217 e. The van der Waals surface area contributed by atoms with Crippen LogP contribution < -0.4 is 0 Å². The predicted octanol–water partition coefficient (Wildman–Crippen LogP) is 3.07. The first kappa shape index (κ1) is 9.90. The smallest absolute Gasteiger partial charge is 0.217 e. The third-order valence-corrected chi connectivity index (χ3v) is 2.31. The average Bonchev–Trinajstić information content (AvgIpc) is 2.03. The molecule has 1 aromatic carbocycles. The zero-order valence-electron chi connectivity index (χ0n) is 5.92. The van der Waals surface area contributed by atoms with Gasteiger partial charge in [0, 0.05) is 10.0 Å². The van der Waals surface area contributed by atoms with E-state index in [-0.39, 0.29) is 0 Å². The number of halogens is 2. The van der Waals surface area contributed by atoms with Gasteiger partial charge in [-0.3, -0.25) is 4.79 Å². The van der Waals surface area contributed by atoms with E-state index in [9.17, 15) is 4.79 Å². The molecule has 1 unspecified atom stereocenters. The lowest BCUT2D eigenvalue weighted by molar-refractivity contribution is 0.554.